The number of para-hydroxylation sites is 1. The minimum absolute atomic E-state index is 0.173. The zero-order valence-corrected chi connectivity index (χ0v) is 13.4. The fourth-order valence-corrected chi connectivity index (χ4v) is 3.15. The van der Waals surface area contributed by atoms with Crippen molar-refractivity contribution in [1.82, 2.24) is 0 Å². The number of nitrogens with zero attached hydrogens (tertiary/aromatic N) is 1. The van der Waals surface area contributed by atoms with Gasteiger partial charge in [0.15, 0.2) is 6.54 Å². The second-order valence-corrected chi connectivity index (χ2v) is 6.21. The van der Waals surface area contributed by atoms with Crippen molar-refractivity contribution in [3.63, 3.8) is 0 Å². The average molecular weight is 316 g/mol. The number of hydrogen-bond donors (Lipinski definition) is 1. The molecule has 4 heteroatoms. The number of carbonyl (C=O) groups is 1. The lowest BCUT2D eigenvalue weighted by molar-refractivity contribution is -0.659. The molecule has 2 aromatic rings. The van der Waals surface area contributed by atoms with Gasteiger partial charge in [0, 0.05) is 22.3 Å². The van der Waals surface area contributed by atoms with Crippen LogP contribution >= 0.6 is 11.6 Å². The van der Waals surface area contributed by atoms with Gasteiger partial charge in [-0.25, -0.2) is 0 Å². The maximum atomic E-state index is 12.5. The Bertz CT molecular complexity index is 669. The molecule has 1 atom stereocenters. The predicted molar refractivity (Wildman–Crippen MR) is 89.0 cm³/mol. The van der Waals surface area contributed by atoms with E-state index in [0.29, 0.717) is 6.54 Å². The van der Waals surface area contributed by atoms with Gasteiger partial charge in [0.05, 0.1) is 0 Å². The second-order valence-electron chi connectivity index (χ2n) is 5.77. The summed E-state index contributed by atoms with van der Waals surface area (Å²) in [6.07, 6.45) is 0.944. The van der Waals surface area contributed by atoms with Crippen molar-refractivity contribution >= 4 is 23.2 Å². The van der Waals surface area contributed by atoms with Crippen LogP contribution in [0.15, 0.2) is 48.5 Å². The summed E-state index contributed by atoms with van der Waals surface area (Å²) in [5.74, 6) is 0.173. The van der Waals surface area contributed by atoms with Crippen molar-refractivity contribution in [1.29, 1.82) is 0 Å². The van der Waals surface area contributed by atoms with E-state index in [9.17, 15) is 4.79 Å². The number of amides is 1. The molecule has 2 aromatic carbocycles. The standard InChI is InChI=1S/C18H19ClN2O/c1-13-10-15-4-2-3-5-17(15)21(13)18(22)12-20-11-14-6-8-16(19)9-7-14/h2-9,13,20H,10-12H2,1H3/p+1/t13-/m1/s1. The molecular formula is C18H20ClN2O+. The zero-order chi connectivity index (χ0) is 15.5. The Morgan fingerprint density at radius 2 is 1.95 bits per heavy atom. The summed E-state index contributed by atoms with van der Waals surface area (Å²) in [6.45, 7) is 3.35. The zero-order valence-electron chi connectivity index (χ0n) is 12.6. The van der Waals surface area contributed by atoms with Crippen LogP contribution in [0.2, 0.25) is 5.02 Å². The summed E-state index contributed by atoms with van der Waals surface area (Å²) in [7, 11) is 0. The first-order valence-corrected chi connectivity index (χ1v) is 7.99. The Hall–Kier alpha value is -1.84. The minimum Gasteiger partial charge on any atom is -0.335 e. The smallest absolute Gasteiger partial charge is 0.282 e. The maximum absolute atomic E-state index is 12.5. The van der Waals surface area contributed by atoms with E-state index in [0.717, 1.165) is 23.7 Å². The topological polar surface area (TPSA) is 36.9 Å². The lowest BCUT2D eigenvalue weighted by Crippen LogP contribution is -2.85. The van der Waals surface area contributed by atoms with E-state index in [4.69, 9.17) is 11.6 Å². The summed E-state index contributed by atoms with van der Waals surface area (Å²) in [5, 5.41) is 2.78. The molecule has 3 rings (SSSR count). The number of quaternary nitrogens is 1. The first kappa shape index (κ1) is 15.1. The number of nitrogens with two attached hydrogens (primary N) is 1. The molecule has 1 aliphatic heterocycles. The molecule has 1 aliphatic rings. The van der Waals surface area contributed by atoms with Gasteiger partial charge in [-0.05, 0) is 37.1 Å². The largest absolute Gasteiger partial charge is 0.335 e. The lowest BCUT2D eigenvalue weighted by atomic mass is 10.1. The molecule has 1 heterocycles. The van der Waals surface area contributed by atoms with E-state index in [1.807, 2.05) is 52.7 Å². The molecule has 0 saturated heterocycles. The van der Waals surface area contributed by atoms with Crippen molar-refractivity contribution in [2.75, 3.05) is 11.4 Å². The number of rotatable bonds is 4. The molecule has 0 aromatic heterocycles. The molecule has 0 saturated carbocycles. The minimum atomic E-state index is 0.173. The molecule has 22 heavy (non-hydrogen) atoms. The van der Waals surface area contributed by atoms with E-state index in [2.05, 4.69) is 13.0 Å². The Kier molecular flexibility index (Phi) is 4.46. The molecule has 0 spiro atoms. The quantitative estimate of drug-likeness (QED) is 0.924. The number of anilines is 1. The van der Waals surface area contributed by atoms with Gasteiger partial charge in [0.2, 0.25) is 0 Å². The van der Waals surface area contributed by atoms with E-state index < -0.39 is 0 Å². The third-order valence-corrected chi connectivity index (χ3v) is 4.34. The third kappa shape index (κ3) is 3.16. The Labute approximate surface area is 135 Å². The highest BCUT2D eigenvalue weighted by Crippen LogP contribution is 2.31. The van der Waals surface area contributed by atoms with E-state index in [1.165, 1.54) is 11.1 Å². The molecule has 0 bridgehead atoms. The van der Waals surface area contributed by atoms with E-state index in [1.54, 1.807) is 0 Å². The van der Waals surface area contributed by atoms with Crippen LogP contribution in [0.5, 0.6) is 0 Å². The normalized spacial score (nSPS) is 16.6. The summed E-state index contributed by atoms with van der Waals surface area (Å²) in [4.78, 5) is 14.5. The predicted octanol–water partition coefficient (Wildman–Crippen LogP) is 2.38. The van der Waals surface area contributed by atoms with Gasteiger partial charge in [0.1, 0.15) is 6.54 Å². The van der Waals surface area contributed by atoms with Crippen LogP contribution in [-0.2, 0) is 17.8 Å². The number of hydrogen-bond acceptors (Lipinski definition) is 1. The van der Waals surface area contributed by atoms with Crippen LogP contribution in [0.25, 0.3) is 0 Å². The molecule has 0 unspecified atom stereocenters. The van der Waals surface area contributed by atoms with Gasteiger partial charge in [-0.15, -0.1) is 0 Å². The van der Waals surface area contributed by atoms with Gasteiger partial charge in [-0.1, -0.05) is 41.9 Å². The van der Waals surface area contributed by atoms with Crippen molar-refractivity contribution in [2.45, 2.75) is 25.9 Å². The van der Waals surface area contributed by atoms with Gasteiger partial charge >= 0.3 is 0 Å². The molecular weight excluding hydrogens is 296 g/mol. The summed E-state index contributed by atoms with van der Waals surface area (Å²) >= 11 is 5.88. The van der Waals surface area contributed by atoms with Gasteiger partial charge in [-0.2, -0.15) is 0 Å². The lowest BCUT2D eigenvalue weighted by Gasteiger charge is -2.21. The van der Waals surface area contributed by atoms with Gasteiger partial charge in [-0.3, -0.25) is 4.79 Å². The molecule has 2 N–H and O–H groups in total. The molecule has 0 radical (unpaired) electrons. The Morgan fingerprint density at radius 3 is 2.73 bits per heavy atom. The Balaban J connectivity index is 1.59. The van der Waals surface area contributed by atoms with Crippen LogP contribution < -0.4 is 10.2 Å². The first-order valence-electron chi connectivity index (χ1n) is 7.61. The number of fused-ring (bicyclic) bond motifs is 1. The third-order valence-electron chi connectivity index (χ3n) is 4.09. The SMILES string of the molecule is C[C@@H]1Cc2ccccc2N1C(=O)C[NH2+]Cc1ccc(Cl)cc1. The van der Waals surface area contributed by atoms with Crippen LogP contribution in [0.4, 0.5) is 5.69 Å². The monoisotopic (exact) mass is 315 g/mol. The van der Waals surface area contributed by atoms with Gasteiger partial charge in [0.25, 0.3) is 5.91 Å². The van der Waals surface area contributed by atoms with Crippen molar-refractivity contribution in [2.24, 2.45) is 0 Å². The highest BCUT2D eigenvalue weighted by atomic mass is 35.5. The molecule has 1 amide bonds. The summed E-state index contributed by atoms with van der Waals surface area (Å²) < 4.78 is 0. The van der Waals surface area contributed by atoms with Crippen molar-refractivity contribution in [3.8, 4) is 0 Å². The molecule has 3 nitrogen and oxygen atoms in total. The number of benzene rings is 2. The fourth-order valence-electron chi connectivity index (χ4n) is 3.03. The summed E-state index contributed by atoms with van der Waals surface area (Å²) in [6, 6.07) is 16.2. The highest BCUT2D eigenvalue weighted by molar-refractivity contribution is 6.30. The highest BCUT2D eigenvalue weighted by Gasteiger charge is 2.30. The second kappa shape index (κ2) is 6.51. The van der Waals surface area contributed by atoms with Crippen molar-refractivity contribution < 1.29 is 10.1 Å². The van der Waals surface area contributed by atoms with Crippen LogP contribution in [0.3, 0.4) is 0 Å². The van der Waals surface area contributed by atoms with E-state index in [-0.39, 0.29) is 11.9 Å². The first-order chi connectivity index (χ1) is 10.6. The molecule has 114 valence electrons. The molecule has 0 fully saturated rings. The van der Waals surface area contributed by atoms with Crippen LogP contribution in [-0.4, -0.2) is 18.5 Å². The maximum Gasteiger partial charge on any atom is 0.282 e. The summed E-state index contributed by atoms with van der Waals surface area (Å²) in [5.41, 5.74) is 3.51. The average Bonchev–Trinajstić information content (AvgIpc) is 2.85. The van der Waals surface area contributed by atoms with Gasteiger partial charge < -0.3 is 10.2 Å². The van der Waals surface area contributed by atoms with Crippen LogP contribution in [0, 0.1) is 0 Å². The Morgan fingerprint density at radius 1 is 1.23 bits per heavy atom. The van der Waals surface area contributed by atoms with Crippen LogP contribution in [0.1, 0.15) is 18.1 Å². The number of carbonyl (C=O) groups excluding carboxylic acids is 1. The fraction of sp³-hybridized carbons (Fsp3) is 0.278. The number of halogens is 1. The molecule has 0 aliphatic carbocycles. The van der Waals surface area contributed by atoms with E-state index >= 15 is 0 Å². The van der Waals surface area contributed by atoms with Crippen molar-refractivity contribution in [3.05, 3.63) is 64.7 Å².